The summed E-state index contributed by atoms with van der Waals surface area (Å²) in [4.78, 5) is 21.3. The lowest BCUT2D eigenvalue weighted by atomic mass is 10.1. The maximum atomic E-state index is 13.0. The molecular formula is C22H20F3N3O. The SMILES string of the molecule is O=C(c1cccc2ncccc12)N1CCN(Cc2ccc(C(F)(F)F)cc2)CC1. The number of rotatable bonds is 3. The van der Waals surface area contributed by atoms with Crippen molar-refractivity contribution in [1.29, 1.82) is 0 Å². The van der Waals surface area contributed by atoms with Crippen LogP contribution in [0.1, 0.15) is 21.5 Å². The zero-order valence-electron chi connectivity index (χ0n) is 15.7. The lowest BCUT2D eigenvalue weighted by molar-refractivity contribution is -0.137. The van der Waals surface area contributed by atoms with Gasteiger partial charge in [-0.05, 0) is 35.9 Å². The Hall–Kier alpha value is -2.93. The summed E-state index contributed by atoms with van der Waals surface area (Å²) in [6.07, 6.45) is -2.61. The molecule has 29 heavy (non-hydrogen) atoms. The molecule has 1 fully saturated rings. The van der Waals surface area contributed by atoms with Gasteiger partial charge < -0.3 is 4.90 Å². The molecule has 1 amide bonds. The van der Waals surface area contributed by atoms with Gasteiger partial charge in [-0.15, -0.1) is 0 Å². The maximum absolute atomic E-state index is 13.0. The van der Waals surface area contributed by atoms with Crippen molar-refractivity contribution in [2.24, 2.45) is 0 Å². The number of carbonyl (C=O) groups excluding carboxylic acids is 1. The van der Waals surface area contributed by atoms with Crippen molar-refractivity contribution in [2.75, 3.05) is 26.2 Å². The fraction of sp³-hybridized carbons (Fsp3) is 0.273. The zero-order valence-corrected chi connectivity index (χ0v) is 15.7. The van der Waals surface area contributed by atoms with Gasteiger partial charge in [0, 0.05) is 49.9 Å². The molecular weight excluding hydrogens is 379 g/mol. The van der Waals surface area contributed by atoms with E-state index < -0.39 is 11.7 Å². The third-order valence-electron chi connectivity index (χ3n) is 5.22. The predicted molar refractivity (Wildman–Crippen MR) is 104 cm³/mol. The van der Waals surface area contributed by atoms with Crippen LogP contribution in [0.15, 0.2) is 60.8 Å². The van der Waals surface area contributed by atoms with Gasteiger partial charge in [-0.3, -0.25) is 14.7 Å². The number of amides is 1. The van der Waals surface area contributed by atoms with E-state index in [-0.39, 0.29) is 5.91 Å². The molecule has 0 atom stereocenters. The number of fused-ring (bicyclic) bond motifs is 1. The van der Waals surface area contributed by atoms with E-state index in [1.54, 1.807) is 6.20 Å². The summed E-state index contributed by atoms with van der Waals surface area (Å²) >= 11 is 0. The summed E-state index contributed by atoms with van der Waals surface area (Å²) in [7, 11) is 0. The normalized spacial score (nSPS) is 15.6. The lowest BCUT2D eigenvalue weighted by Gasteiger charge is -2.35. The molecule has 1 aliphatic heterocycles. The Balaban J connectivity index is 1.38. The van der Waals surface area contributed by atoms with E-state index in [0.29, 0.717) is 38.3 Å². The Morgan fingerprint density at radius 1 is 0.931 bits per heavy atom. The highest BCUT2D eigenvalue weighted by Crippen LogP contribution is 2.29. The van der Waals surface area contributed by atoms with Crippen LogP contribution in [-0.2, 0) is 12.7 Å². The van der Waals surface area contributed by atoms with Gasteiger partial charge in [-0.2, -0.15) is 13.2 Å². The van der Waals surface area contributed by atoms with E-state index in [2.05, 4.69) is 9.88 Å². The van der Waals surface area contributed by atoms with E-state index in [1.807, 2.05) is 35.2 Å². The van der Waals surface area contributed by atoms with Gasteiger partial charge in [0.05, 0.1) is 11.1 Å². The number of hydrogen-bond donors (Lipinski definition) is 0. The standard InChI is InChI=1S/C22H20F3N3O/c23-22(24,25)17-8-6-16(7-9-17)15-27-11-13-28(14-12-27)21(29)19-3-1-5-20-18(19)4-2-10-26-20/h1-10H,11-15H2. The van der Waals surface area contributed by atoms with Crippen molar-refractivity contribution in [1.82, 2.24) is 14.8 Å². The third-order valence-corrected chi connectivity index (χ3v) is 5.22. The van der Waals surface area contributed by atoms with Gasteiger partial charge in [0.1, 0.15) is 0 Å². The lowest BCUT2D eigenvalue weighted by Crippen LogP contribution is -2.48. The zero-order chi connectivity index (χ0) is 20.4. The summed E-state index contributed by atoms with van der Waals surface area (Å²) in [6, 6.07) is 14.5. The predicted octanol–water partition coefficient (Wildman–Crippen LogP) is 4.21. The van der Waals surface area contributed by atoms with Crippen molar-refractivity contribution in [3.05, 3.63) is 77.5 Å². The molecule has 1 saturated heterocycles. The minimum absolute atomic E-state index is 0.0159. The summed E-state index contributed by atoms with van der Waals surface area (Å²) in [5, 5.41) is 0.840. The van der Waals surface area contributed by atoms with Crippen LogP contribution >= 0.6 is 0 Å². The Kier molecular flexibility index (Phi) is 5.24. The molecule has 3 aromatic rings. The van der Waals surface area contributed by atoms with Crippen LogP contribution in [0.4, 0.5) is 13.2 Å². The molecule has 0 radical (unpaired) electrons. The number of aromatic nitrogens is 1. The Morgan fingerprint density at radius 2 is 1.66 bits per heavy atom. The Labute approximate surface area is 166 Å². The van der Waals surface area contributed by atoms with Crippen LogP contribution in [0.25, 0.3) is 10.9 Å². The monoisotopic (exact) mass is 399 g/mol. The minimum atomic E-state index is -4.32. The molecule has 0 unspecified atom stereocenters. The van der Waals surface area contributed by atoms with Crippen LogP contribution in [-0.4, -0.2) is 46.9 Å². The largest absolute Gasteiger partial charge is 0.416 e. The molecule has 0 spiro atoms. The molecule has 4 nitrogen and oxygen atoms in total. The molecule has 150 valence electrons. The Morgan fingerprint density at radius 3 is 2.34 bits per heavy atom. The first-order valence-corrected chi connectivity index (χ1v) is 9.43. The maximum Gasteiger partial charge on any atom is 0.416 e. The second-order valence-corrected chi connectivity index (χ2v) is 7.14. The van der Waals surface area contributed by atoms with Gasteiger partial charge in [-0.1, -0.05) is 24.3 Å². The molecule has 2 heterocycles. The highest BCUT2D eigenvalue weighted by atomic mass is 19.4. The third kappa shape index (κ3) is 4.24. The van der Waals surface area contributed by atoms with Crippen molar-refractivity contribution < 1.29 is 18.0 Å². The Bertz CT molecular complexity index is 1000. The summed E-state index contributed by atoms with van der Waals surface area (Å²) in [5.74, 6) is -0.0159. The van der Waals surface area contributed by atoms with Crippen LogP contribution in [0, 0.1) is 0 Å². The number of hydrogen-bond acceptors (Lipinski definition) is 3. The molecule has 4 rings (SSSR count). The fourth-order valence-electron chi connectivity index (χ4n) is 3.63. The highest BCUT2D eigenvalue weighted by molar-refractivity contribution is 6.06. The number of benzene rings is 2. The van der Waals surface area contributed by atoms with E-state index in [0.717, 1.165) is 28.6 Å². The van der Waals surface area contributed by atoms with Crippen LogP contribution < -0.4 is 0 Å². The molecule has 0 aliphatic carbocycles. The number of pyridine rings is 1. The molecule has 0 bridgehead atoms. The second-order valence-electron chi connectivity index (χ2n) is 7.14. The fourth-order valence-corrected chi connectivity index (χ4v) is 3.63. The molecule has 2 aromatic carbocycles. The van der Waals surface area contributed by atoms with Crippen LogP contribution in [0.2, 0.25) is 0 Å². The van der Waals surface area contributed by atoms with Gasteiger partial charge in [0.2, 0.25) is 0 Å². The van der Waals surface area contributed by atoms with Crippen molar-refractivity contribution in [3.63, 3.8) is 0 Å². The van der Waals surface area contributed by atoms with Crippen LogP contribution in [0.3, 0.4) is 0 Å². The van der Waals surface area contributed by atoms with E-state index in [9.17, 15) is 18.0 Å². The smallest absolute Gasteiger partial charge is 0.336 e. The van der Waals surface area contributed by atoms with Gasteiger partial charge in [0.15, 0.2) is 0 Å². The quantitative estimate of drug-likeness (QED) is 0.662. The summed E-state index contributed by atoms with van der Waals surface area (Å²) in [5.41, 5.74) is 1.63. The first kappa shape index (κ1) is 19.4. The summed E-state index contributed by atoms with van der Waals surface area (Å²) in [6.45, 7) is 3.08. The molecule has 0 saturated carbocycles. The second kappa shape index (κ2) is 7.83. The number of nitrogens with zero attached hydrogens (tertiary/aromatic N) is 3. The number of halogens is 3. The van der Waals surface area contributed by atoms with Crippen molar-refractivity contribution in [3.8, 4) is 0 Å². The first-order chi connectivity index (χ1) is 13.9. The van der Waals surface area contributed by atoms with Crippen LogP contribution in [0.5, 0.6) is 0 Å². The van der Waals surface area contributed by atoms with E-state index >= 15 is 0 Å². The average Bonchev–Trinajstić information content (AvgIpc) is 2.73. The van der Waals surface area contributed by atoms with E-state index in [1.165, 1.54) is 12.1 Å². The van der Waals surface area contributed by atoms with Gasteiger partial charge in [0.25, 0.3) is 5.91 Å². The average molecular weight is 399 g/mol. The number of carbonyl (C=O) groups is 1. The molecule has 7 heteroatoms. The van der Waals surface area contributed by atoms with E-state index in [4.69, 9.17) is 0 Å². The molecule has 0 N–H and O–H groups in total. The topological polar surface area (TPSA) is 36.4 Å². The van der Waals surface area contributed by atoms with Crippen molar-refractivity contribution >= 4 is 16.8 Å². The number of piperazine rings is 1. The molecule has 1 aromatic heterocycles. The van der Waals surface area contributed by atoms with Crippen molar-refractivity contribution in [2.45, 2.75) is 12.7 Å². The molecule has 1 aliphatic rings. The first-order valence-electron chi connectivity index (χ1n) is 9.43. The number of alkyl halides is 3. The highest BCUT2D eigenvalue weighted by Gasteiger charge is 2.30. The summed E-state index contributed by atoms with van der Waals surface area (Å²) < 4.78 is 38.0. The minimum Gasteiger partial charge on any atom is -0.336 e. The van der Waals surface area contributed by atoms with Gasteiger partial charge in [-0.25, -0.2) is 0 Å². The van der Waals surface area contributed by atoms with Gasteiger partial charge >= 0.3 is 6.18 Å².